The highest BCUT2D eigenvalue weighted by atomic mass is 16.6. The Balaban J connectivity index is 2.60. The largest absolute Gasteiger partial charge is 0.433 e. The van der Waals surface area contributed by atoms with Crippen molar-refractivity contribution < 1.29 is 29.3 Å². The van der Waals surface area contributed by atoms with Crippen LogP contribution in [-0.4, -0.2) is 34.7 Å². The molecule has 0 fully saturated rings. The van der Waals surface area contributed by atoms with Crippen LogP contribution in [0.15, 0.2) is 36.4 Å². The average molecular weight is 304 g/mol. The van der Waals surface area contributed by atoms with Crippen molar-refractivity contribution >= 4 is 22.7 Å². The Bertz CT molecular complexity index is 705. The molecule has 2 N–H and O–H groups in total. The molecule has 116 valence electrons. The summed E-state index contributed by atoms with van der Waals surface area (Å²) in [4.78, 5) is 24.3. The van der Waals surface area contributed by atoms with E-state index in [1.165, 1.54) is 19.9 Å². The van der Waals surface area contributed by atoms with Gasteiger partial charge in [-0.05, 0) is 30.7 Å². The molecule has 6 nitrogen and oxygen atoms in total. The summed E-state index contributed by atoms with van der Waals surface area (Å²) in [6, 6.07) is 10.0. The van der Waals surface area contributed by atoms with Crippen molar-refractivity contribution in [1.29, 1.82) is 0 Å². The van der Waals surface area contributed by atoms with Gasteiger partial charge in [-0.15, -0.1) is 0 Å². The van der Waals surface area contributed by atoms with E-state index in [0.717, 1.165) is 5.39 Å². The molecular formula is C16H16O6. The summed E-state index contributed by atoms with van der Waals surface area (Å²) < 4.78 is 9.51. The van der Waals surface area contributed by atoms with Gasteiger partial charge in [0.2, 0.25) is 0 Å². The SMILES string of the molecule is CC(O)OC(=O)c1ccc2ccccc2c1C(=O)OC(C)O. The minimum absolute atomic E-state index is 0.00958. The number of ether oxygens (including phenoxy) is 2. The van der Waals surface area contributed by atoms with Gasteiger partial charge in [0, 0.05) is 0 Å². The lowest BCUT2D eigenvalue weighted by molar-refractivity contribution is -0.0559. The van der Waals surface area contributed by atoms with Crippen LogP contribution in [0.1, 0.15) is 34.6 Å². The Kier molecular flexibility index (Phi) is 4.75. The summed E-state index contributed by atoms with van der Waals surface area (Å²) in [5.41, 5.74) is -0.0464. The van der Waals surface area contributed by atoms with E-state index < -0.39 is 24.5 Å². The Morgan fingerprint density at radius 2 is 1.50 bits per heavy atom. The highest BCUT2D eigenvalue weighted by Gasteiger charge is 2.24. The molecule has 22 heavy (non-hydrogen) atoms. The van der Waals surface area contributed by atoms with Crippen LogP contribution in [0.3, 0.4) is 0 Å². The molecular weight excluding hydrogens is 288 g/mol. The molecule has 0 spiro atoms. The Morgan fingerprint density at radius 1 is 0.909 bits per heavy atom. The minimum Gasteiger partial charge on any atom is -0.433 e. The van der Waals surface area contributed by atoms with E-state index in [2.05, 4.69) is 0 Å². The molecule has 0 radical (unpaired) electrons. The maximum atomic E-state index is 12.2. The van der Waals surface area contributed by atoms with Crippen LogP contribution < -0.4 is 0 Å². The van der Waals surface area contributed by atoms with Gasteiger partial charge in [0.25, 0.3) is 0 Å². The highest BCUT2D eigenvalue weighted by Crippen LogP contribution is 2.24. The van der Waals surface area contributed by atoms with Gasteiger partial charge in [-0.25, -0.2) is 9.59 Å². The van der Waals surface area contributed by atoms with Crippen molar-refractivity contribution in [2.45, 2.75) is 26.4 Å². The van der Waals surface area contributed by atoms with Crippen molar-refractivity contribution in [2.75, 3.05) is 0 Å². The Labute approximate surface area is 126 Å². The summed E-state index contributed by atoms with van der Waals surface area (Å²) in [5.74, 6) is -1.69. The van der Waals surface area contributed by atoms with Gasteiger partial charge in [0.15, 0.2) is 12.6 Å². The average Bonchev–Trinajstić information content (AvgIpc) is 2.44. The topological polar surface area (TPSA) is 93.1 Å². The zero-order valence-corrected chi connectivity index (χ0v) is 12.1. The predicted molar refractivity (Wildman–Crippen MR) is 78.1 cm³/mol. The lowest BCUT2D eigenvalue weighted by atomic mass is 9.99. The number of hydrogen-bond acceptors (Lipinski definition) is 6. The third-order valence-corrected chi connectivity index (χ3v) is 2.91. The summed E-state index contributed by atoms with van der Waals surface area (Å²) >= 11 is 0. The highest BCUT2D eigenvalue weighted by molar-refractivity contribution is 6.12. The maximum absolute atomic E-state index is 12.2. The molecule has 0 aliphatic heterocycles. The molecule has 0 saturated heterocycles. The molecule has 2 aromatic carbocycles. The number of fused-ring (bicyclic) bond motifs is 1. The lowest BCUT2D eigenvalue weighted by Gasteiger charge is -2.14. The van der Waals surface area contributed by atoms with Crippen molar-refractivity contribution in [3.05, 3.63) is 47.5 Å². The van der Waals surface area contributed by atoms with Crippen LogP contribution in [0.25, 0.3) is 10.8 Å². The van der Waals surface area contributed by atoms with Gasteiger partial charge in [0.05, 0.1) is 11.1 Å². The maximum Gasteiger partial charge on any atom is 0.341 e. The molecule has 0 aromatic heterocycles. The van der Waals surface area contributed by atoms with E-state index in [1.807, 2.05) is 0 Å². The van der Waals surface area contributed by atoms with E-state index >= 15 is 0 Å². The van der Waals surface area contributed by atoms with Crippen LogP contribution in [0.2, 0.25) is 0 Å². The number of aliphatic hydroxyl groups excluding tert-OH is 2. The summed E-state index contributed by atoms with van der Waals surface area (Å²) in [6.45, 7) is 2.57. The summed E-state index contributed by atoms with van der Waals surface area (Å²) in [5, 5.41) is 19.6. The zero-order valence-electron chi connectivity index (χ0n) is 12.1. The van der Waals surface area contributed by atoms with Crippen LogP contribution in [0.4, 0.5) is 0 Å². The molecule has 2 atom stereocenters. The third kappa shape index (κ3) is 3.41. The first kappa shape index (κ1) is 15.9. The van der Waals surface area contributed by atoms with E-state index in [1.54, 1.807) is 30.3 Å². The number of carbonyl (C=O) groups excluding carboxylic acids is 2. The smallest absolute Gasteiger partial charge is 0.341 e. The fourth-order valence-corrected chi connectivity index (χ4v) is 2.09. The van der Waals surface area contributed by atoms with Crippen molar-refractivity contribution in [3.63, 3.8) is 0 Å². The zero-order chi connectivity index (χ0) is 16.3. The standard InChI is InChI=1S/C16H16O6/c1-9(17)21-15(19)13-8-7-11-5-3-4-6-12(11)14(13)16(20)22-10(2)18/h3-10,17-18H,1-2H3. The second-order valence-corrected chi connectivity index (χ2v) is 4.72. The molecule has 0 saturated carbocycles. The lowest BCUT2D eigenvalue weighted by Crippen LogP contribution is -2.20. The van der Waals surface area contributed by atoms with E-state index in [9.17, 15) is 19.8 Å². The second-order valence-electron chi connectivity index (χ2n) is 4.72. The number of aliphatic hydroxyl groups is 2. The number of benzene rings is 2. The normalized spacial score (nSPS) is 13.5. The molecule has 2 aromatic rings. The predicted octanol–water partition coefficient (Wildman–Crippen LogP) is 1.83. The van der Waals surface area contributed by atoms with Crippen LogP contribution in [-0.2, 0) is 9.47 Å². The molecule has 6 heteroatoms. The Hall–Kier alpha value is -2.44. The van der Waals surface area contributed by atoms with E-state index in [0.29, 0.717) is 5.39 Å². The fraction of sp³-hybridized carbons (Fsp3) is 0.250. The van der Waals surface area contributed by atoms with Crippen molar-refractivity contribution in [2.24, 2.45) is 0 Å². The van der Waals surface area contributed by atoms with Crippen LogP contribution in [0, 0.1) is 0 Å². The summed E-state index contributed by atoms with van der Waals surface area (Å²) in [7, 11) is 0. The first-order valence-electron chi connectivity index (χ1n) is 6.70. The molecule has 0 aliphatic carbocycles. The quantitative estimate of drug-likeness (QED) is 0.661. The minimum atomic E-state index is -1.31. The second kappa shape index (κ2) is 6.55. The number of esters is 2. The van der Waals surface area contributed by atoms with E-state index in [-0.39, 0.29) is 11.1 Å². The fourth-order valence-electron chi connectivity index (χ4n) is 2.09. The summed E-state index contributed by atoms with van der Waals surface area (Å²) in [6.07, 6.45) is -2.62. The molecule has 2 unspecified atom stereocenters. The van der Waals surface area contributed by atoms with Crippen molar-refractivity contribution in [3.8, 4) is 0 Å². The Morgan fingerprint density at radius 3 is 2.14 bits per heavy atom. The van der Waals surface area contributed by atoms with E-state index in [4.69, 9.17) is 9.47 Å². The molecule has 0 bridgehead atoms. The molecule has 0 amide bonds. The van der Waals surface area contributed by atoms with Gasteiger partial charge in [-0.2, -0.15) is 0 Å². The van der Waals surface area contributed by atoms with Crippen LogP contribution in [0.5, 0.6) is 0 Å². The first-order valence-corrected chi connectivity index (χ1v) is 6.70. The van der Waals surface area contributed by atoms with Gasteiger partial charge in [-0.3, -0.25) is 0 Å². The third-order valence-electron chi connectivity index (χ3n) is 2.91. The molecule has 2 rings (SSSR count). The number of hydrogen-bond donors (Lipinski definition) is 2. The monoisotopic (exact) mass is 304 g/mol. The van der Waals surface area contributed by atoms with Gasteiger partial charge < -0.3 is 19.7 Å². The van der Waals surface area contributed by atoms with Gasteiger partial charge in [-0.1, -0.05) is 30.3 Å². The molecule has 0 heterocycles. The number of carbonyl (C=O) groups is 2. The van der Waals surface area contributed by atoms with Gasteiger partial charge in [0.1, 0.15) is 0 Å². The van der Waals surface area contributed by atoms with Gasteiger partial charge >= 0.3 is 11.9 Å². The first-order chi connectivity index (χ1) is 10.4. The van der Waals surface area contributed by atoms with Crippen LogP contribution >= 0.6 is 0 Å². The number of rotatable bonds is 4. The molecule has 0 aliphatic rings. The van der Waals surface area contributed by atoms with Crippen molar-refractivity contribution in [1.82, 2.24) is 0 Å².